The molecule has 1 aromatic rings. The Kier molecular flexibility index (Phi) is 2.94. The molecule has 1 heterocycles. The Morgan fingerprint density at radius 1 is 1.46 bits per heavy atom. The number of nitrogens with zero attached hydrogens (tertiary/aromatic N) is 2. The lowest BCUT2D eigenvalue weighted by atomic mass is 10.1. The highest BCUT2D eigenvalue weighted by atomic mass is 127. The maximum atomic E-state index is 12.3. The van der Waals surface area contributed by atoms with Crippen LogP contribution in [0.4, 0.5) is 8.78 Å². The molecule has 1 aromatic heterocycles. The van der Waals surface area contributed by atoms with Crippen LogP contribution in [0.25, 0.3) is 0 Å². The third kappa shape index (κ3) is 2.38. The van der Waals surface area contributed by atoms with Crippen molar-refractivity contribution in [2.24, 2.45) is 0 Å². The second-order valence-corrected chi connectivity index (χ2v) is 4.94. The van der Waals surface area contributed by atoms with E-state index in [2.05, 4.69) is 5.10 Å². The van der Waals surface area contributed by atoms with Gasteiger partial charge in [-0.1, -0.05) is 0 Å². The lowest BCUT2D eigenvalue weighted by Crippen LogP contribution is -2.22. The van der Waals surface area contributed by atoms with Gasteiger partial charge in [-0.15, -0.1) is 0 Å². The van der Waals surface area contributed by atoms with Crippen LogP contribution in [0.3, 0.4) is 0 Å². The molecule has 0 fully saturated rings. The second-order valence-electron chi connectivity index (χ2n) is 3.78. The molecule has 0 bridgehead atoms. The van der Waals surface area contributed by atoms with Gasteiger partial charge in [0.05, 0.1) is 9.11 Å². The van der Waals surface area contributed by atoms with Crippen LogP contribution in [0.5, 0.6) is 0 Å². The quantitative estimate of drug-likeness (QED) is 0.728. The molecule has 0 spiro atoms. The summed E-state index contributed by atoms with van der Waals surface area (Å²) < 4.78 is 26.8. The highest BCUT2D eigenvalue weighted by Crippen LogP contribution is 2.25. The van der Waals surface area contributed by atoms with E-state index in [1.807, 2.05) is 43.4 Å². The fourth-order valence-corrected chi connectivity index (χ4v) is 1.46. The Hall–Kier alpha value is -0.200. The topological polar surface area (TPSA) is 17.8 Å². The maximum Gasteiger partial charge on any atom is 0.283 e. The monoisotopic (exact) mass is 300 g/mol. The molecule has 0 aliphatic heterocycles. The summed E-state index contributed by atoms with van der Waals surface area (Å²) in [6.45, 7) is 5.77. The molecular formula is C8H11F2IN2. The molecule has 0 atom stereocenters. The van der Waals surface area contributed by atoms with Gasteiger partial charge in [-0.3, -0.25) is 4.68 Å². The van der Waals surface area contributed by atoms with Gasteiger partial charge < -0.3 is 0 Å². The van der Waals surface area contributed by atoms with Crippen molar-refractivity contribution in [1.82, 2.24) is 9.78 Å². The SMILES string of the molecule is CC(C)(C)n1cc(I)c(C(F)F)n1. The van der Waals surface area contributed by atoms with Gasteiger partial charge in [0.25, 0.3) is 6.43 Å². The van der Waals surface area contributed by atoms with Crippen molar-refractivity contribution in [3.8, 4) is 0 Å². The molecule has 0 radical (unpaired) electrons. The molecule has 0 saturated heterocycles. The number of rotatable bonds is 1. The van der Waals surface area contributed by atoms with E-state index in [-0.39, 0.29) is 11.2 Å². The summed E-state index contributed by atoms with van der Waals surface area (Å²) in [6, 6.07) is 0. The van der Waals surface area contributed by atoms with E-state index in [0.717, 1.165) is 0 Å². The first-order chi connectivity index (χ1) is 5.82. The molecule has 2 nitrogen and oxygen atoms in total. The standard InChI is InChI=1S/C8H11F2IN2/c1-8(2,3)13-4-5(11)6(12-13)7(9)10/h4,7H,1-3H3. The van der Waals surface area contributed by atoms with Crippen molar-refractivity contribution in [2.45, 2.75) is 32.7 Å². The number of alkyl halides is 2. The van der Waals surface area contributed by atoms with Crippen molar-refractivity contribution in [2.75, 3.05) is 0 Å². The Morgan fingerprint density at radius 3 is 2.23 bits per heavy atom. The molecule has 0 unspecified atom stereocenters. The normalized spacial score (nSPS) is 12.5. The highest BCUT2D eigenvalue weighted by Gasteiger charge is 2.21. The predicted molar refractivity (Wildman–Crippen MR) is 54.9 cm³/mol. The molecule has 0 N–H and O–H groups in total. The van der Waals surface area contributed by atoms with Gasteiger partial charge >= 0.3 is 0 Å². The van der Waals surface area contributed by atoms with Crippen molar-refractivity contribution in [3.63, 3.8) is 0 Å². The summed E-state index contributed by atoms with van der Waals surface area (Å²) in [4.78, 5) is 0. The van der Waals surface area contributed by atoms with Gasteiger partial charge in [0.1, 0.15) is 5.69 Å². The van der Waals surface area contributed by atoms with Gasteiger partial charge in [0.2, 0.25) is 0 Å². The van der Waals surface area contributed by atoms with Crippen LogP contribution in [0, 0.1) is 3.57 Å². The molecule has 0 aromatic carbocycles. The van der Waals surface area contributed by atoms with E-state index in [4.69, 9.17) is 0 Å². The molecular weight excluding hydrogens is 289 g/mol. The molecule has 74 valence electrons. The highest BCUT2D eigenvalue weighted by molar-refractivity contribution is 14.1. The Morgan fingerprint density at radius 2 is 2.00 bits per heavy atom. The van der Waals surface area contributed by atoms with Gasteiger partial charge in [-0.25, -0.2) is 8.78 Å². The minimum atomic E-state index is -2.49. The molecule has 13 heavy (non-hydrogen) atoms. The molecule has 1 rings (SSSR count). The zero-order valence-electron chi connectivity index (χ0n) is 7.68. The van der Waals surface area contributed by atoms with Crippen LogP contribution in [-0.2, 0) is 5.54 Å². The Balaban J connectivity index is 3.10. The number of hydrogen-bond acceptors (Lipinski definition) is 1. The van der Waals surface area contributed by atoms with Crippen LogP contribution in [0.1, 0.15) is 32.9 Å². The van der Waals surface area contributed by atoms with Gasteiger partial charge in [0, 0.05) is 6.20 Å². The van der Waals surface area contributed by atoms with E-state index >= 15 is 0 Å². The minimum Gasteiger partial charge on any atom is -0.266 e. The van der Waals surface area contributed by atoms with Crippen LogP contribution in [0.15, 0.2) is 6.20 Å². The van der Waals surface area contributed by atoms with E-state index in [1.54, 1.807) is 10.9 Å². The maximum absolute atomic E-state index is 12.3. The number of halogens is 3. The van der Waals surface area contributed by atoms with Crippen molar-refractivity contribution < 1.29 is 8.78 Å². The molecule has 0 amide bonds. The van der Waals surface area contributed by atoms with E-state index in [0.29, 0.717) is 3.57 Å². The lowest BCUT2D eigenvalue weighted by Gasteiger charge is -2.18. The van der Waals surface area contributed by atoms with E-state index < -0.39 is 6.43 Å². The van der Waals surface area contributed by atoms with Crippen LogP contribution >= 0.6 is 22.6 Å². The van der Waals surface area contributed by atoms with Gasteiger partial charge in [-0.2, -0.15) is 5.10 Å². The third-order valence-electron chi connectivity index (χ3n) is 1.59. The first kappa shape index (κ1) is 10.9. The van der Waals surface area contributed by atoms with Crippen LogP contribution < -0.4 is 0 Å². The summed E-state index contributed by atoms with van der Waals surface area (Å²) in [5.41, 5.74) is -0.372. The largest absolute Gasteiger partial charge is 0.283 e. The summed E-state index contributed by atoms with van der Waals surface area (Å²) >= 11 is 1.87. The molecule has 0 aliphatic rings. The smallest absolute Gasteiger partial charge is 0.266 e. The first-order valence-electron chi connectivity index (χ1n) is 3.86. The van der Waals surface area contributed by atoms with Gasteiger partial charge in [-0.05, 0) is 43.4 Å². The summed E-state index contributed by atoms with van der Waals surface area (Å²) in [7, 11) is 0. The Labute approximate surface area is 89.5 Å². The van der Waals surface area contributed by atoms with Crippen LogP contribution in [0.2, 0.25) is 0 Å². The summed E-state index contributed by atoms with van der Waals surface area (Å²) in [5, 5.41) is 3.84. The Bertz CT molecular complexity index is 302. The average Bonchev–Trinajstić information content (AvgIpc) is 2.29. The fraction of sp³-hybridized carbons (Fsp3) is 0.625. The van der Waals surface area contributed by atoms with Crippen LogP contribution in [-0.4, -0.2) is 9.78 Å². The molecule has 0 saturated carbocycles. The average molecular weight is 300 g/mol. The third-order valence-corrected chi connectivity index (χ3v) is 2.42. The molecule has 0 aliphatic carbocycles. The van der Waals surface area contributed by atoms with E-state index in [1.165, 1.54) is 0 Å². The first-order valence-corrected chi connectivity index (χ1v) is 4.94. The number of hydrogen-bond donors (Lipinski definition) is 0. The predicted octanol–water partition coefficient (Wildman–Crippen LogP) is 3.18. The fourth-order valence-electron chi connectivity index (χ4n) is 0.858. The summed E-state index contributed by atoms with van der Waals surface area (Å²) in [6.07, 6.45) is -0.849. The number of aromatic nitrogens is 2. The minimum absolute atomic E-state index is 0.129. The molecule has 5 heteroatoms. The second kappa shape index (κ2) is 3.51. The van der Waals surface area contributed by atoms with E-state index in [9.17, 15) is 8.78 Å². The van der Waals surface area contributed by atoms with Gasteiger partial charge in [0.15, 0.2) is 0 Å². The lowest BCUT2D eigenvalue weighted by molar-refractivity contribution is 0.142. The zero-order chi connectivity index (χ0) is 10.2. The van der Waals surface area contributed by atoms with Crippen molar-refractivity contribution in [1.29, 1.82) is 0 Å². The zero-order valence-corrected chi connectivity index (χ0v) is 9.84. The summed E-state index contributed by atoms with van der Waals surface area (Å²) in [5.74, 6) is 0. The van der Waals surface area contributed by atoms with Crippen molar-refractivity contribution >= 4 is 22.6 Å². The van der Waals surface area contributed by atoms with Crippen molar-refractivity contribution in [3.05, 3.63) is 15.5 Å².